The summed E-state index contributed by atoms with van der Waals surface area (Å²) in [6, 6.07) is 20.3. The van der Waals surface area contributed by atoms with Crippen molar-refractivity contribution in [1.82, 2.24) is 20.1 Å². The Balaban J connectivity index is 1.59. The molecule has 0 saturated heterocycles. The van der Waals surface area contributed by atoms with Crippen molar-refractivity contribution in [1.29, 1.82) is 0 Å². The predicted molar refractivity (Wildman–Crippen MR) is 127 cm³/mol. The van der Waals surface area contributed by atoms with E-state index in [2.05, 4.69) is 43.4 Å². The molecule has 162 valence electrons. The Morgan fingerprint density at radius 1 is 1.09 bits per heavy atom. The second-order valence-corrected chi connectivity index (χ2v) is 8.75. The molecule has 2 aromatic heterocycles. The third-order valence-electron chi connectivity index (χ3n) is 6.27. The number of hydrogen-bond donors (Lipinski definition) is 1. The van der Waals surface area contributed by atoms with Gasteiger partial charge in [-0.05, 0) is 56.9 Å². The van der Waals surface area contributed by atoms with Gasteiger partial charge in [0, 0.05) is 11.6 Å². The van der Waals surface area contributed by atoms with Gasteiger partial charge in [0.2, 0.25) is 0 Å². The molecule has 2 heterocycles. The number of nitrogens with one attached hydrogen (secondary N) is 1. The van der Waals surface area contributed by atoms with Crippen LogP contribution in [0.2, 0.25) is 0 Å². The molecule has 0 radical (unpaired) electrons. The number of hydrogen-bond acceptors (Lipinski definition) is 3. The van der Waals surface area contributed by atoms with Crippen LogP contribution >= 0.6 is 0 Å². The van der Waals surface area contributed by atoms with E-state index >= 15 is 0 Å². The maximum absolute atomic E-state index is 13.6. The number of rotatable bonds is 6. The number of aromatic nitrogens is 3. The van der Waals surface area contributed by atoms with E-state index in [9.17, 15) is 4.79 Å². The van der Waals surface area contributed by atoms with Gasteiger partial charge >= 0.3 is 0 Å². The van der Waals surface area contributed by atoms with E-state index in [1.54, 1.807) is 0 Å². The highest BCUT2D eigenvalue weighted by Gasteiger charge is 2.29. The van der Waals surface area contributed by atoms with Crippen LogP contribution in [-0.4, -0.2) is 20.7 Å². The van der Waals surface area contributed by atoms with Crippen molar-refractivity contribution in [3.05, 3.63) is 88.7 Å². The number of aryl methyl sites for hydroxylation is 2. The van der Waals surface area contributed by atoms with E-state index < -0.39 is 0 Å². The molecular formula is C27H28N4O. The summed E-state index contributed by atoms with van der Waals surface area (Å²) in [5, 5.41) is 8.86. The van der Waals surface area contributed by atoms with Crippen molar-refractivity contribution in [2.45, 2.75) is 52.0 Å². The third kappa shape index (κ3) is 3.79. The fraction of sp³-hybridized carbons (Fsp3) is 0.296. The first-order valence-electron chi connectivity index (χ1n) is 11.4. The molecule has 1 aliphatic carbocycles. The Morgan fingerprint density at radius 3 is 2.47 bits per heavy atom. The Morgan fingerprint density at radius 2 is 1.81 bits per heavy atom. The Labute approximate surface area is 188 Å². The first-order valence-corrected chi connectivity index (χ1v) is 11.4. The molecule has 1 amide bonds. The molecule has 1 aliphatic rings. The van der Waals surface area contributed by atoms with Crippen molar-refractivity contribution in [2.24, 2.45) is 0 Å². The number of fused-ring (bicyclic) bond motifs is 1. The molecular weight excluding hydrogens is 396 g/mol. The zero-order valence-electron chi connectivity index (χ0n) is 18.8. The van der Waals surface area contributed by atoms with Gasteiger partial charge in [-0.3, -0.25) is 4.79 Å². The van der Waals surface area contributed by atoms with Crippen LogP contribution in [0.5, 0.6) is 0 Å². The molecule has 1 saturated carbocycles. The number of nitrogens with zero attached hydrogens (tertiary/aromatic N) is 3. The van der Waals surface area contributed by atoms with E-state index in [0.717, 1.165) is 52.9 Å². The van der Waals surface area contributed by atoms with Crippen LogP contribution in [0, 0.1) is 13.8 Å². The molecule has 2 aromatic carbocycles. The lowest BCUT2D eigenvalue weighted by molar-refractivity contribution is 0.0937. The number of amides is 1. The molecule has 5 rings (SSSR count). The first-order chi connectivity index (χ1) is 15.5. The minimum Gasteiger partial charge on any atom is -0.345 e. The summed E-state index contributed by atoms with van der Waals surface area (Å²) in [5.41, 5.74) is 6.51. The third-order valence-corrected chi connectivity index (χ3v) is 6.27. The number of para-hydroxylation sites is 1. The summed E-state index contributed by atoms with van der Waals surface area (Å²) in [6.07, 6.45) is 3.07. The first kappa shape index (κ1) is 20.4. The molecule has 32 heavy (non-hydrogen) atoms. The summed E-state index contributed by atoms with van der Waals surface area (Å²) < 4.78 is 1.87. The minimum absolute atomic E-state index is 0.0415. The van der Waals surface area contributed by atoms with Gasteiger partial charge in [0.15, 0.2) is 5.65 Å². The van der Waals surface area contributed by atoms with Crippen molar-refractivity contribution >= 4 is 16.9 Å². The normalized spacial score (nSPS) is 14.5. The zero-order valence-corrected chi connectivity index (χ0v) is 18.8. The quantitative estimate of drug-likeness (QED) is 0.426. The highest BCUT2D eigenvalue weighted by atomic mass is 16.1. The van der Waals surface area contributed by atoms with Crippen molar-refractivity contribution < 1.29 is 4.79 Å². The minimum atomic E-state index is -0.0672. The smallest absolute Gasteiger partial charge is 0.252 e. The van der Waals surface area contributed by atoms with Crippen LogP contribution in [0.4, 0.5) is 0 Å². The molecule has 5 nitrogen and oxygen atoms in total. The Kier molecular flexibility index (Phi) is 5.25. The SMILES string of the molecule is CC[C@@H](NC(=O)c1cc(C2CC2)nc2c1c(C)nn2-c1ccccc1)c1ccc(C)cc1. The van der Waals surface area contributed by atoms with E-state index in [1.807, 2.05) is 48.0 Å². The van der Waals surface area contributed by atoms with Crippen LogP contribution in [0.3, 0.4) is 0 Å². The molecule has 0 unspecified atom stereocenters. The van der Waals surface area contributed by atoms with Crippen LogP contribution in [-0.2, 0) is 0 Å². The molecule has 1 N–H and O–H groups in total. The maximum atomic E-state index is 13.6. The molecule has 1 fully saturated rings. The summed E-state index contributed by atoms with van der Waals surface area (Å²) in [7, 11) is 0. The monoisotopic (exact) mass is 424 g/mol. The van der Waals surface area contributed by atoms with E-state index in [4.69, 9.17) is 10.1 Å². The molecule has 5 heteroatoms. The van der Waals surface area contributed by atoms with Crippen LogP contribution in [0.25, 0.3) is 16.7 Å². The predicted octanol–water partition coefficient (Wildman–Crippen LogP) is 5.80. The summed E-state index contributed by atoms with van der Waals surface area (Å²) >= 11 is 0. The lowest BCUT2D eigenvalue weighted by Crippen LogP contribution is -2.28. The maximum Gasteiger partial charge on any atom is 0.252 e. The van der Waals surface area contributed by atoms with E-state index in [0.29, 0.717) is 11.5 Å². The second-order valence-electron chi connectivity index (χ2n) is 8.75. The fourth-order valence-corrected chi connectivity index (χ4v) is 4.28. The number of carbonyl (C=O) groups excluding carboxylic acids is 1. The number of benzene rings is 2. The molecule has 1 atom stereocenters. The number of carbonyl (C=O) groups is 1. The largest absolute Gasteiger partial charge is 0.345 e. The van der Waals surface area contributed by atoms with Gasteiger partial charge in [0.1, 0.15) is 0 Å². The van der Waals surface area contributed by atoms with Crippen molar-refractivity contribution in [2.75, 3.05) is 0 Å². The fourth-order valence-electron chi connectivity index (χ4n) is 4.28. The standard InChI is InChI=1S/C27H28N4O/c1-4-23(19-12-10-17(2)11-13-19)29-27(32)22-16-24(20-14-15-20)28-26-25(22)18(3)30-31(26)21-8-6-5-7-9-21/h5-13,16,20,23H,4,14-15H2,1-3H3,(H,29,32)/t23-/m1/s1. The van der Waals surface area contributed by atoms with Gasteiger partial charge in [0.05, 0.1) is 28.4 Å². The van der Waals surface area contributed by atoms with E-state index in [1.165, 1.54) is 5.56 Å². The topological polar surface area (TPSA) is 59.8 Å². The highest BCUT2D eigenvalue weighted by molar-refractivity contribution is 6.07. The molecule has 4 aromatic rings. The van der Waals surface area contributed by atoms with E-state index in [-0.39, 0.29) is 11.9 Å². The van der Waals surface area contributed by atoms with Gasteiger partial charge in [-0.15, -0.1) is 0 Å². The Bertz CT molecular complexity index is 1270. The van der Waals surface area contributed by atoms with Crippen LogP contribution in [0.1, 0.15) is 71.0 Å². The second kappa shape index (κ2) is 8.23. The van der Waals surface area contributed by atoms with Crippen molar-refractivity contribution in [3.63, 3.8) is 0 Å². The van der Waals surface area contributed by atoms with Crippen molar-refractivity contribution in [3.8, 4) is 5.69 Å². The van der Waals surface area contributed by atoms with Gasteiger partial charge in [-0.25, -0.2) is 9.67 Å². The highest BCUT2D eigenvalue weighted by Crippen LogP contribution is 2.40. The Hall–Kier alpha value is -3.47. The van der Waals surface area contributed by atoms with Gasteiger partial charge in [-0.1, -0.05) is 55.0 Å². The average molecular weight is 425 g/mol. The molecule has 0 bridgehead atoms. The van der Waals surface area contributed by atoms with Crippen LogP contribution < -0.4 is 5.32 Å². The van der Waals surface area contributed by atoms with Gasteiger partial charge < -0.3 is 5.32 Å². The summed E-state index contributed by atoms with van der Waals surface area (Å²) in [5.74, 6) is 0.367. The van der Waals surface area contributed by atoms with Gasteiger partial charge in [0.25, 0.3) is 5.91 Å². The van der Waals surface area contributed by atoms with Gasteiger partial charge in [-0.2, -0.15) is 5.10 Å². The molecule has 0 spiro atoms. The number of pyridine rings is 1. The lowest BCUT2D eigenvalue weighted by Gasteiger charge is -2.18. The summed E-state index contributed by atoms with van der Waals surface area (Å²) in [6.45, 7) is 6.12. The summed E-state index contributed by atoms with van der Waals surface area (Å²) in [4.78, 5) is 18.6. The lowest BCUT2D eigenvalue weighted by atomic mass is 10.0. The zero-order chi connectivity index (χ0) is 22.2. The molecule has 0 aliphatic heterocycles. The van der Waals surface area contributed by atoms with Crippen LogP contribution in [0.15, 0.2) is 60.7 Å². The average Bonchev–Trinajstić information content (AvgIpc) is 3.62.